The fraction of sp³-hybridized carbons (Fsp3) is 0.111. The Morgan fingerprint density at radius 1 is 0.857 bits per heavy atom. The Labute approximate surface area is 122 Å². The van der Waals surface area contributed by atoms with Gasteiger partial charge in [0.2, 0.25) is 0 Å². The van der Waals surface area contributed by atoms with E-state index in [1.165, 1.54) is 6.07 Å². The number of ether oxygens (including phenoxy) is 1. The molecule has 0 radical (unpaired) electrons. The number of para-hydroxylation sites is 1. The van der Waals surface area contributed by atoms with Crippen LogP contribution in [0.2, 0.25) is 0 Å². The van der Waals surface area contributed by atoms with E-state index < -0.39 is 5.82 Å². The number of hydrogen-bond donors (Lipinski definition) is 1. The second-order valence-electron chi connectivity index (χ2n) is 4.81. The lowest BCUT2D eigenvalue weighted by molar-refractivity contribution is 0.252. The molecule has 0 aliphatic heterocycles. The van der Waals surface area contributed by atoms with Crippen LogP contribution in [0.4, 0.5) is 4.39 Å². The third kappa shape index (κ3) is 2.73. The molecule has 3 rings (SSSR count). The Bertz CT molecular complexity index is 763. The maximum Gasteiger partial charge on any atom is 0.165 e. The maximum atomic E-state index is 13.8. The highest BCUT2D eigenvalue weighted by Gasteiger charge is 2.10. The minimum absolute atomic E-state index is 0.118. The van der Waals surface area contributed by atoms with Gasteiger partial charge in [0.15, 0.2) is 11.6 Å². The lowest BCUT2D eigenvalue weighted by Gasteiger charge is -2.12. The fourth-order valence-electron chi connectivity index (χ4n) is 2.41. The minimum atomic E-state index is -0.457. The standard InChI is InChI=1S/C18H15FO2/c19-17-10-4-7-14(11-20)18(17)21-12-15-8-3-6-13-5-1-2-9-16(13)15/h1-10,20H,11-12H2. The monoisotopic (exact) mass is 282 g/mol. The van der Waals surface area contributed by atoms with Crippen LogP contribution in [0, 0.1) is 5.82 Å². The average molecular weight is 282 g/mol. The second-order valence-corrected chi connectivity index (χ2v) is 4.81. The van der Waals surface area contributed by atoms with Crippen molar-refractivity contribution in [1.29, 1.82) is 0 Å². The summed E-state index contributed by atoms with van der Waals surface area (Å²) in [7, 11) is 0. The molecular weight excluding hydrogens is 267 g/mol. The molecule has 0 saturated heterocycles. The van der Waals surface area contributed by atoms with Crippen molar-refractivity contribution in [1.82, 2.24) is 0 Å². The van der Waals surface area contributed by atoms with Crippen molar-refractivity contribution in [2.75, 3.05) is 0 Å². The van der Waals surface area contributed by atoms with Crippen LogP contribution in [0.3, 0.4) is 0 Å². The van der Waals surface area contributed by atoms with Crippen LogP contribution in [0.5, 0.6) is 5.75 Å². The molecule has 2 nitrogen and oxygen atoms in total. The lowest BCUT2D eigenvalue weighted by atomic mass is 10.1. The zero-order chi connectivity index (χ0) is 14.7. The minimum Gasteiger partial charge on any atom is -0.485 e. The highest BCUT2D eigenvalue weighted by molar-refractivity contribution is 5.85. The first-order valence-corrected chi connectivity index (χ1v) is 6.77. The molecule has 1 N–H and O–H groups in total. The van der Waals surface area contributed by atoms with E-state index in [4.69, 9.17) is 4.74 Å². The lowest BCUT2D eigenvalue weighted by Crippen LogP contribution is -2.01. The summed E-state index contributed by atoms with van der Waals surface area (Å²) in [6.07, 6.45) is 0. The predicted molar refractivity (Wildman–Crippen MR) is 80.6 cm³/mol. The molecule has 3 heteroatoms. The molecule has 0 bridgehead atoms. The molecule has 106 valence electrons. The van der Waals surface area contributed by atoms with Crippen LogP contribution in [-0.2, 0) is 13.2 Å². The van der Waals surface area contributed by atoms with Gasteiger partial charge in [-0.1, -0.05) is 54.6 Å². The topological polar surface area (TPSA) is 29.5 Å². The van der Waals surface area contributed by atoms with Crippen LogP contribution in [0.25, 0.3) is 10.8 Å². The molecule has 21 heavy (non-hydrogen) atoms. The smallest absolute Gasteiger partial charge is 0.165 e. The number of aliphatic hydroxyl groups excluding tert-OH is 1. The van der Waals surface area contributed by atoms with Gasteiger partial charge in [-0.2, -0.15) is 0 Å². The molecule has 0 spiro atoms. The van der Waals surface area contributed by atoms with E-state index >= 15 is 0 Å². The summed E-state index contributed by atoms with van der Waals surface area (Å²) < 4.78 is 19.4. The van der Waals surface area contributed by atoms with Gasteiger partial charge in [-0.05, 0) is 22.4 Å². The van der Waals surface area contributed by atoms with Crippen molar-refractivity contribution in [3.8, 4) is 5.75 Å². The summed E-state index contributed by atoms with van der Waals surface area (Å²) >= 11 is 0. The molecule has 3 aromatic carbocycles. The van der Waals surface area contributed by atoms with E-state index in [0.717, 1.165) is 16.3 Å². The zero-order valence-electron chi connectivity index (χ0n) is 11.4. The van der Waals surface area contributed by atoms with Crippen LogP contribution < -0.4 is 4.74 Å². The number of halogens is 1. The van der Waals surface area contributed by atoms with Crippen molar-refractivity contribution in [2.24, 2.45) is 0 Å². The molecule has 0 aliphatic carbocycles. The van der Waals surface area contributed by atoms with Crippen LogP contribution >= 0.6 is 0 Å². The van der Waals surface area contributed by atoms with Gasteiger partial charge in [0, 0.05) is 5.56 Å². The number of benzene rings is 3. The summed E-state index contributed by atoms with van der Waals surface area (Å²) in [6, 6.07) is 18.5. The fourth-order valence-corrected chi connectivity index (χ4v) is 2.41. The van der Waals surface area contributed by atoms with Crippen molar-refractivity contribution in [2.45, 2.75) is 13.2 Å². The second kappa shape index (κ2) is 5.94. The summed E-state index contributed by atoms with van der Waals surface area (Å²) in [6.45, 7) is 0.0118. The maximum absolute atomic E-state index is 13.8. The quantitative estimate of drug-likeness (QED) is 0.782. The van der Waals surface area contributed by atoms with Gasteiger partial charge in [0.05, 0.1) is 6.61 Å². The first-order chi connectivity index (χ1) is 10.3. The van der Waals surface area contributed by atoms with Crippen molar-refractivity contribution in [3.05, 3.63) is 77.6 Å². The molecular formula is C18H15FO2. The first kappa shape index (κ1) is 13.6. The molecule has 0 saturated carbocycles. The van der Waals surface area contributed by atoms with Gasteiger partial charge < -0.3 is 9.84 Å². The zero-order valence-corrected chi connectivity index (χ0v) is 11.4. The highest BCUT2D eigenvalue weighted by atomic mass is 19.1. The van der Waals surface area contributed by atoms with Gasteiger partial charge in [0.1, 0.15) is 6.61 Å². The van der Waals surface area contributed by atoms with Gasteiger partial charge in [-0.3, -0.25) is 0 Å². The Hall–Kier alpha value is -2.39. The summed E-state index contributed by atoms with van der Waals surface area (Å²) in [5.41, 5.74) is 1.44. The summed E-state index contributed by atoms with van der Waals surface area (Å²) in [5, 5.41) is 11.5. The van der Waals surface area contributed by atoms with Gasteiger partial charge in [-0.25, -0.2) is 4.39 Å². The largest absolute Gasteiger partial charge is 0.485 e. The van der Waals surface area contributed by atoms with Gasteiger partial charge >= 0.3 is 0 Å². The number of aliphatic hydroxyl groups is 1. The molecule has 0 aromatic heterocycles. The van der Waals surface area contributed by atoms with Crippen molar-refractivity contribution >= 4 is 10.8 Å². The van der Waals surface area contributed by atoms with E-state index in [1.807, 2.05) is 42.5 Å². The van der Waals surface area contributed by atoms with Gasteiger partial charge in [0.25, 0.3) is 0 Å². The molecule has 0 fully saturated rings. The van der Waals surface area contributed by atoms with E-state index in [0.29, 0.717) is 5.56 Å². The summed E-state index contributed by atoms with van der Waals surface area (Å²) in [5.74, 6) is -0.338. The molecule has 0 aliphatic rings. The molecule has 0 amide bonds. The summed E-state index contributed by atoms with van der Waals surface area (Å²) in [4.78, 5) is 0. The van der Waals surface area contributed by atoms with Gasteiger partial charge in [-0.15, -0.1) is 0 Å². The van der Waals surface area contributed by atoms with Crippen LogP contribution in [0.1, 0.15) is 11.1 Å². The highest BCUT2D eigenvalue weighted by Crippen LogP contribution is 2.25. The number of fused-ring (bicyclic) bond motifs is 1. The normalized spacial score (nSPS) is 10.8. The van der Waals surface area contributed by atoms with Crippen LogP contribution in [0.15, 0.2) is 60.7 Å². The first-order valence-electron chi connectivity index (χ1n) is 6.77. The average Bonchev–Trinajstić information content (AvgIpc) is 2.53. The van der Waals surface area contributed by atoms with E-state index in [9.17, 15) is 9.50 Å². The molecule has 0 atom stereocenters. The Balaban J connectivity index is 1.91. The Morgan fingerprint density at radius 2 is 1.57 bits per heavy atom. The van der Waals surface area contributed by atoms with Crippen molar-refractivity contribution < 1.29 is 14.2 Å². The van der Waals surface area contributed by atoms with E-state index in [-0.39, 0.29) is 19.0 Å². The Morgan fingerprint density at radius 3 is 2.43 bits per heavy atom. The van der Waals surface area contributed by atoms with E-state index in [2.05, 4.69) is 0 Å². The molecule has 0 unspecified atom stereocenters. The number of hydrogen-bond acceptors (Lipinski definition) is 2. The predicted octanol–water partition coefficient (Wildman–Crippen LogP) is 4.05. The third-order valence-corrected chi connectivity index (χ3v) is 3.47. The van der Waals surface area contributed by atoms with Crippen LogP contribution in [-0.4, -0.2) is 5.11 Å². The Kier molecular flexibility index (Phi) is 3.84. The number of rotatable bonds is 4. The van der Waals surface area contributed by atoms with Crippen molar-refractivity contribution in [3.63, 3.8) is 0 Å². The molecule has 3 aromatic rings. The van der Waals surface area contributed by atoms with E-state index in [1.54, 1.807) is 12.1 Å². The molecule has 0 heterocycles. The third-order valence-electron chi connectivity index (χ3n) is 3.47. The SMILES string of the molecule is OCc1cccc(F)c1OCc1cccc2ccccc12.